The van der Waals surface area contributed by atoms with Gasteiger partial charge in [-0.1, -0.05) is 11.3 Å². The number of ether oxygens (including phenoxy) is 1. The molecule has 3 aromatic rings. The summed E-state index contributed by atoms with van der Waals surface area (Å²) in [5, 5.41) is 12.6. The van der Waals surface area contributed by atoms with Crippen molar-refractivity contribution in [3.05, 3.63) is 30.4 Å². The molecule has 2 atom stereocenters. The Labute approximate surface area is 213 Å². The first-order valence-corrected chi connectivity index (χ1v) is 13.6. The number of benzene rings is 1. The minimum absolute atomic E-state index is 0.000877. The van der Waals surface area contributed by atoms with E-state index < -0.39 is 27.5 Å². The molecule has 0 unspecified atom stereocenters. The predicted molar refractivity (Wildman–Crippen MR) is 126 cm³/mol. The monoisotopic (exact) mass is 558 g/mol. The van der Waals surface area contributed by atoms with E-state index in [1.54, 1.807) is 0 Å². The molecule has 2 saturated carbocycles. The summed E-state index contributed by atoms with van der Waals surface area (Å²) < 4.78 is 73.6. The van der Waals surface area contributed by atoms with Crippen molar-refractivity contribution in [2.45, 2.75) is 56.4 Å². The number of rotatable bonds is 8. The quantitative estimate of drug-likeness (QED) is 0.312. The molecule has 2 aliphatic carbocycles. The van der Waals surface area contributed by atoms with Gasteiger partial charge in [-0.25, -0.2) is 15.0 Å². The van der Waals surface area contributed by atoms with Crippen LogP contribution in [0.15, 0.2) is 24.5 Å². The maximum Gasteiger partial charge on any atom is 0.534 e. The zero-order valence-electron chi connectivity index (χ0n) is 19.1. The van der Waals surface area contributed by atoms with Crippen molar-refractivity contribution in [1.29, 1.82) is 0 Å². The molecule has 10 nitrogen and oxygen atoms in total. The Morgan fingerprint density at radius 2 is 1.89 bits per heavy atom. The highest BCUT2D eigenvalue weighted by Gasteiger charge is 2.49. The fourth-order valence-corrected chi connectivity index (χ4v) is 5.38. The summed E-state index contributed by atoms with van der Waals surface area (Å²) in [7, 11) is -6.01. The van der Waals surface area contributed by atoms with Gasteiger partial charge >= 0.3 is 15.6 Å². The van der Waals surface area contributed by atoms with Gasteiger partial charge in [-0.2, -0.15) is 21.6 Å². The number of carbonyl (C=O) groups excluding carboxylic acids is 1. The summed E-state index contributed by atoms with van der Waals surface area (Å²) in [5.41, 5.74) is -5.34. The van der Waals surface area contributed by atoms with E-state index in [1.165, 1.54) is 24.5 Å². The van der Waals surface area contributed by atoms with Gasteiger partial charge in [0.1, 0.15) is 11.3 Å². The fourth-order valence-electron chi connectivity index (χ4n) is 3.89. The number of nitrogens with zero attached hydrogens (tertiary/aromatic N) is 3. The maximum absolute atomic E-state index is 13.2. The van der Waals surface area contributed by atoms with E-state index in [0.717, 1.165) is 30.6 Å². The summed E-state index contributed by atoms with van der Waals surface area (Å²) in [6.45, 7) is 0.0196. The molecule has 0 radical (unpaired) electrons. The SMILES string of the molecule is O=C(Nc1nc2ccc(-c3cnc(CO[C@H]4CCC[C@@H]4O)nc3)c(OS(=O)(=O)C(F)(F)F)c2s1)C1CC1. The maximum atomic E-state index is 13.2. The number of anilines is 1. The van der Waals surface area contributed by atoms with Gasteiger partial charge in [0.2, 0.25) is 5.91 Å². The lowest BCUT2D eigenvalue weighted by atomic mass is 10.1. The molecule has 1 aromatic carbocycles. The number of hydrogen-bond acceptors (Lipinski definition) is 10. The van der Waals surface area contributed by atoms with E-state index in [0.29, 0.717) is 12.8 Å². The Kier molecular flexibility index (Phi) is 6.81. The number of alkyl halides is 3. The van der Waals surface area contributed by atoms with Gasteiger partial charge in [-0.15, -0.1) is 0 Å². The highest BCUT2D eigenvalue weighted by Crippen LogP contribution is 2.43. The van der Waals surface area contributed by atoms with Crippen LogP contribution in [0.3, 0.4) is 0 Å². The molecular formula is C22H21F3N4O6S2. The summed E-state index contributed by atoms with van der Waals surface area (Å²) in [6.07, 6.45) is 5.43. The van der Waals surface area contributed by atoms with Crippen LogP contribution in [0.4, 0.5) is 18.3 Å². The Morgan fingerprint density at radius 1 is 1.16 bits per heavy atom. The molecule has 0 spiro atoms. The van der Waals surface area contributed by atoms with E-state index in [1.807, 2.05) is 0 Å². The van der Waals surface area contributed by atoms with Crippen LogP contribution in [0.5, 0.6) is 5.75 Å². The molecule has 37 heavy (non-hydrogen) atoms. The first-order chi connectivity index (χ1) is 17.5. The number of aliphatic hydroxyl groups excluding tert-OH is 1. The highest BCUT2D eigenvalue weighted by atomic mass is 32.2. The Bertz CT molecular complexity index is 1420. The smallest absolute Gasteiger partial charge is 0.390 e. The van der Waals surface area contributed by atoms with Gasteiger partial charge in [0.05, 0.1) is 17.7 Å². The predicted octanol–water partition coefficient (Wildman–Crippen LogP) is 3.76. The third-order valence-electron chi connectivity index (χ3n) is 6.03. The second-order valence-electron chi connectivity index (χ2n) is 8.79. The zero-order chi connectivity index (χ0) is 26.4. The van der Waals surface area contributed by atoms with Crippen molar-refractivity contribution >= 4 is 42.7 Å². The Balaban J connectivity index is 1.47. The van der Waals surface area contributed by atoms with Crippen LogP contribution in [-0.4, -0.2) is 52.1 Å². The van der Waals surface area contributed by atoms with Crippen LogP contribution in [0, 0.1) is 5.92 Å². The van der Waals surface area contributed by atoms with Crippen molar-refractivity contribution in [2.75, 3.05) is 5.32 Å². The minimum atomic E-state index is -6.01. The van der Waals surface area contributed by atoms with Crippen molar-refractivity contribution in [2.24, 2.45) is 5.92 Å². The Hall–Kier alpha value is -2.88. The van der Waals surface area contributed by atoms with Crippen molar-refractivity contribution in [3.8, 4) is 16.9 Å². The van der Waals surface area contributed by atoms with Crippen LogP contribution in [0.25, 0.3) is 21.3 Å². The zero-order valence-corrected chi connectivity index (χ0v) is 20.7. The van der Waals surface area contributed by atoms with Crippen LogP contribution < -0.4 is 9.50 Å². The summed E-state index contributed by atoms with van der Waals surface area (Å²) in [4.78, 5) is 24.6. The normalized spacial score (nSPS) is 20.3. The number of fused-ring (bicyclic) bond motifs is 1. The topological polar surface area (TPSA) is 141 Å². The molecule has 15 heteroatoms. The largest absolute Gasteiger partial charge is 0.534 e. The lowest BCUT2D eigenvalue weighted by molar-refractivity contribution is -0.117. The number of aromatic nitrogens is 3. The highest BCUT2D eigenvalue weighted by molar-refractivity contribution is 7.88. The average molecular weight is 559 g/mol. The Morgan fingerprint density at radius 3 is 2.51 bits per heavy atom. The number of aliphatic hydroxyl groups is 1. The number of halogens is 3. The molecule has 2 aromatic heterocycles. The minimum Gasteiger partial charge on any atom is -0.390 e. The molecule has 198 valence electrons. The van der Waals surface area contributed by atoms with Gasteiger partial charge < -0.3 is 19.3 Å². The molecule has 2 heterocycles. The van der Waals surface area contributed by atoms with Crippen LogP contribution >= 0.6 is 11.3 Å². The van der Waals surface area contributed by atoms with Crippen molar-refractivity contribution < 1.29 is 40.4 Å². The van der Waals surface area contributed by atoms with E-state index in [2.05, 4.69) is 24.5 Å². The van der Waals surface area contributed by atoms with Gasteiger partial charge in [-0.05, 0) is 44.2 Å². The van der Waals surface area contributed by atoms with Gasteiger partial charge in [-0.3, -0.25) is 4.79 Å². The molecule has 1 amide bonds. The number of thiazole rings is 1. The lowest BCUT2D eigenvalue weighted by Gasteiger charge is -2.15. The summed E-state index contributed by atoms with van der Waals surface area (Å²) in [5.74, 6) is -0.723. The molecule has 0 saturated heterocycles. The van der Waals surface area contributed by atoms with E-state index >= 15 is 0 Å². The third-order valence-corrected chi connectivity index (χ3v) is 7.97. The summed E-state index contributed by atoms with van der Waals surface area (Å²) in [6, 6.07) is 2.82. The second kappa shape index (κ2) is 9.78. The second-order valence-corrected chi connectivity index (χ2v) is 11.3. The van der Waals surface area contributed by atoms with Crippen LogP contribution in [-0.2, 0) is 26.3 Å². The summed E-state index contributed by atoms with van der Waals surface area (Å²) >= 11 is 0.799. The van der Waals surface area contributed by atoms with Gasteiger partial charge in [0, 0.05) is 29.4 Å². The first-order valence-electron chi connectivity index (χ1n) is 11.4. The lowest BCUT2D eigenvalue weighted by Crippen LogP contribution is -2.28. The average Bonchev–Trinajstić information content (AvgIpc) is 3.49. The number of nitrogens with one attached hydrogen (secondary N) is 1. The van der Waals surface area contributed by atoms with E-state index in [9.17, 15) is 31.5 Å². The van der Waals surface area contributed by atoms with Crippen LogP contribution in [0.2, 0.25) is 0 Å². The number of hydrogen-bond donors (Lipinski definition) is 2. The molecular weight excluding hydrogens is 537 g/mol. The third kappa shape index (κ3) is 5.54. The molecule has 2 fully saturated rings. The fraction of sp³-hybridized carbons (Fsp3) is 0.455. The standard InChI is InChI=1S/C22H21F3N4O6S2/c23-22(24,25)37(32,33)35-18-13(6-7-14-19(18)36-21(28-14)29-20(31)11-4-5-11)12-8-26-17(27-9-12)10-34-16-3-1-2-15(16)30/h6-9,11,15-16,30H,1-5,10H2,(H,28,29,31)/t15-,16-/m0/s1. The molecule has 0 aliphatic heterocycles. The molecule has 5 rings (SSSR count). The number of amides is 1. The van der Waals surface area contributed by atoms with Gasteiger partial charge in [0.15, 0.2) is 16.7 Å². The van der Waals surface area contributed by atoms with E-state index in [4.69, 9.17) is 4.74 Å². The molecule has 2 aliphatic rings. The van der Waals surface area contributed by atoms with Crippen molar-refractivity contribution in [1.82, 2.24) is 15.0 Å². The molecule has 2 N–H and O–H groups in total. The number of carbonyl (C=O) groups is 1. The van der Waals surface area contributed by atoms with Gasteiger partial charge in [0.25, 0.3) is 0 Å². The van der Waals surface area contributed by atoms with Crippen molar-refractivity contribution in [3.63, 3.8) is 0 Å². The van der Waals surface area contributed by atoms with E-state index in [-0.39, 0.29) is 56.8 Å². The first kappa shape index (κ1) is 25.8. The molecule has 0 bridgehead atoms. The van der Waals surface area contributed by atoms with Crippen LogP contribution in [0.1, 0.15) is 37.9 Å².